The maximum Gasteiger partial charge on any atom is 0.145 e. The highest BCUT2D eigenvalue weighted by Crippen LogP contribution is 2.56. The van der Waals surface area contributed by atoms with Crippen LogP contribution in [0.25, 0.3) is 0 Å². The molecule has 1 aliphatic carbocycles. The molecule has 0 spiro atoms. The van der Waals surface area contributed by atoms with Crippen molar-refractivity contribution >= 4 is 11.6 Å². The largest absolute Gasteiger partial charge is 0.495 e. The molecule has 0 aromatic heterocycles. The van der Waals surface area contributed by atoms with Crippen molar-refractivity contribution in [2.45, 2.75) is 44.6 Å². The zero-order chi connectivity index (χ0) is 14.2. The van der Waals surface area contributed by atoms with Crippen molar-refractivity contribution in [2.24, 2.45) is 5.73 Å². The van der Waals surface area contributed by atoms with E-state index in [0.717, 1.165) is 30.4 Å². The highest BCUT2D eigenvalue weighted by molar-refractivity contribution is 6.33. The standard InChI is InChI=1S/C15H22ClNO2/c1-5-10-8-11(15(6-7-15)9(2)17)14(19-4)12(16)13(10)18-3/h8-9H,5-7,17H2,1-4H3. The fourth-order valence-corrected chi connectivity index (χ4v) is 3.20. The normalized spacial score (nSPS) is 18.0. The van der Waals surface area contributed by atoms with Gasteiger partial charge in [-0.3, -0.25) is 0 Å². The van der Waals surface area contributed by atoms with Crippen LogP contribution in [-0.2, 0) is 11.8 Å². The van der Waals surface area contributed by atoms with Crippen LogP contribution in [0.2, 0.25) is 5.02 Å². The number of benzene rings is 1. The van der Waals surface area contributed by atoms with Gasteiger partial charge < -0.3 is 15.2 Å². The third kappa shape index (κ3) is 2.19. The number of aryl methyl sites for hydroxylation is 1. The van der Waals surface area contributed by atoms with Gasteiger partial charge in [-0.15, -0.1) is 0 Å². The van der Waals surface area contributed by atoms with Crippen molar-refractivity contribution in [3.8, 4) is 11.5 Å². The first-order chi connectivity index (χ1) is 9.01. The molecule has 1 aliphatic rings. The van der Waals surface area contributed by atoms with Gasteiger partial charge in [-0.25, -0.2) is 0 Å². The highest BCUT2D eigenvalue weighted by Gasteiger charge is 2.50. The summed E-state index contributed by atoms with van der Waals surface area (Å²) in [4.78, 5) is 0. The molecule has 1 aromatic rings. The number of ether oxygens (including phenoxy) is 2. The summed E-state index contributed by atoms with van der Waals surface area (Å²) in [6, 6.07) is 2.25. The summed E-state index contributed by atoms with van der Waals surface area (Å²) in [5.74, 6) is 1.43. The van der Waals surface area contributed by atoms with Crippen molar-refractivity contribution in [2.75, 3.05) is 14.2 Å². The van der Waals surface area contributed by atoms with E-state index in [-0.39, 0.29) is 11.5 Å². The van der Waals surface area contributed by atoms with Gasteiger partial charge in [-0.2, -0.15) is 0 Å². The van der Waals surface area contributed by atoms with Crippen molar-refractivity contribution in [3.05, 3.63) is 22.2 Å². The Morgan fingerprint density at radius 2 is 1.89 bits per heavy atom. The maximum atomic E-state index is 6.45. The van der Waals surface area contributed by atoms with Crippen molar-refractivity contribution in [3.63, 3.8) is 0 Å². The lowest BCUT2D eigenvalue weighted by molar-refractivity contribution is 0.381. The van der Waals surface area contributed by atoms with E-state index >= 15 is 0 Å². The minimum atomic E-state index is 0.0190. The molecular weight excluding hydrogens is 262 g/mol. The first-order valence-electron chi connectivity index (χ1n) is 6.71. The van der Waals surface area contributed by atoms with E-state index in [0.29, 0.717) is 16.5 Å². The Morgan fingerprint density at radius 3 is 2.26 bits per heavy atom. The fraction of sp³-hybridized carbons (Fsp3) is 0.600. The Labute approximate surface area is 120 Å². The Hall–Kier alpha value is -0.930. The summed E-state index contributed by atoms with van der Waals surface area (Å²) in [5, 5.41) is 0.561. The van der Waals surface area contributed by atoms with Crippen LogP contribution in [0.4, 0.5) is 0 Å². The van der Waals surface area contributed by atoms with Crippen LogP contribution in [0.3, 0.4) is 0 Å². The Bertz CT molecular complexity index is 482. The molecule has 1 fully saturated rings. The van der Waals surface area contributed by atoms with E-state index in [4.69, 9.17) is 26.8 Å². The van der Waals surface area contributed by atoms with E-state index in [9.17, 15) is 0 Å². The number of hydrogen-bond donors (Lipinski definition) is 1. The zero-order valence-electron chi connectivity index (χ0n) is 12.0. The molecular formula is C15H22ClNO2. The first kappa shape index (κ1) is 14.5. The molecule has 0 radical (unpaired) electrons. The van der Waals surface area contributed by atoms with E-state index in [1.54, 1.807) is 14.2 Å². The number of halogens is 1. The van der Waals surface area contributed by atoms with Crippen molar-refractivity contribution in [1.82, 2.24) is 0 Å². The second-order valence-electron chi connectivity index (χ2n) is 5.26. The molecule has 0 heterocycles. The van der Waals surface area contributed by atoms with E-state index in [1.165, 1.54) is 0 Å². The molecule has 4 heteroatoms. The predicted octanol–water partition coefficient (Wildman–Crippen LogP) is 3.30. The quantitative estimate of drug-likeness (QED) is 0.902. The van der Waals surface area contributed by atoms with Crippen LogP contribution in [0.1, 0.15) is 37.8 Å². The Morgan fingerprint density at radius 1 is 1.32 bits per heavy atom. The van der Waals surface area contributed by atoms with Gasteiger partial charge in [0.1, 0.15) is 16.5 Å². The van der Waals surface area contributed by atoms with Crippen molar-refractivity contribution < 1.29 is 9.47 Å². The van der Waals surface area contributed by atoms with E-state index in [2.05, 4.69) is 19.9 Å². The van der Waals surface area contributed by atoms with Gasteiger partial charge in [0.25, 0.3) is 0 Å². The summed E-state index contributed by atoms with van der Waals surface area (Å²) in [5.41, 5.74) is 8.43. The lowest BCUT2D eigenvalue weighted by atomic mass is 9.87. The molecule has 3 nitrogen and oxygen atoms in total. The van der Waals surface area contributed by atoms with Crippen LogP contribution in [0, 0.1) is 0 Å². The van der Waals surface area contributed by atoms with Gasteiger partial charge in [0.15, 0.2) is 0 Å². The summed E-state index contributed by atoms with van der Waals surface area (Å²) in [6.45, 7) is 4.14. The fourth-order valence-electron chi connectivity index (χ4n) is 2.82. The summed E-state index contributed by atoms with van der Waals surface area (Å²) in [6.07, 6.45) is 3.05. The molecule has 2 rings (SSSR count). The average molecular weight is 284 g/mol. The first-order valence-corrected chi connectivity index (χ1v) is 7.09. The highest BCUT2D eigenvalue weighted by atomic mass is 35.5. The minimum Gasteiger partial charge on any atom is -0.495 e. The number of hydrogen-bond acceptors (Lipinski definition) is 3. The molecule has 0 aliphatic heterocycles. The van der Waals surface area contributed by atoms with Crippen LogP contribution in [0.5, 0.6) is 11.5 Å². The lowest BCUT2D eigenvalue weighted by Crippen LogP contribution is -2.32. The summed E-state index contributed by atoms with van der Waals surface area (Å²) in [7, 11) is 3.28. The maximum absolute atomic E-state index is 6.45. The lowest BCUT2D eigenvalue weighted by Gasteiger charge is -2.25. The van der Waals surface area contributed by atoms with E-state index < -0.39 is 0 Å². The third-order valence-electron chi connectivity index (χ3n) is 4.24. The molecule has 2 N–H and O–H groups in total. The van der Waals surface area contributed by atoms with Crippen LogP contribution >= 0.6 is 11.6 Å². The molecule has 1 aromatic carbocycles. The second-order valence-corrected chi connectivity index (χ2v) is 5.64. The number of methoxy groups -OCH3 is 2. The van der Waals surface area contributed by atoms with Crippen LogP contribution in [0.15, 0.2) is 6.07 Å². The molecule has 1 atom stereocenters. The van der Waals surface area contributed by atoms with Gasteiger partial charge >= 0.3 is 0 Å². The van der Waals surface area contributed by atoms with Crippen LogP contribution < -0.4 is 15.2 Å². The Kier molecular flexibility index (Phi) is 3.98. The predicted molar refractivity (Wildman–Crippen MR) is 78.5 cm³/mol. The monoisotopic (exact) mass is 283 g/mol. The molecule has 1 saturated carbocycles. The minimum absolute atomic E-state index is 0.0190. The van der Waals surface area contributed by atoms with Crippen molar-refractivity contribution in [1.29, 1.82) is 0 Å². The number of rotatable bonds is 5. The molecule has 106 valence electrons. The molecule has 0 saturated heterocycles. The summed E-state index contributed by atoms with van der Waals surface area (Å²) < 4.78 is 10.9. The summed E-state index contributed by atoms with van der Waals surface area (Å²) >= 11 is 6.45. The van der Waals surface area contributed by atoms with E-state index in [1.807, 2.05) is 0 Å². The molecule has 0 amide bonds. The van der Waals surface area contributed by atoms with Gasteiger partial charge in [-0.05, 0) is 37.8 Å². The smallest absolute Gasteiger partial charge is 0.145 e. The molecule has 1 unspecified atom stereocenters. The third-order valence-corrected chi connectivity index (χ3v) is 4.58. The average Bonchev–Trinajstić information content (AvgIpc) is 3.18. The molecule has 19 heavy (non-hydrogen) atoms. The van der Waals surface area contributed by atoms with Crippen LogP contribution in [-0.4, -0.2) is 20.3 Å². The van der Waals surface area contributed by atoms with Gasteiger partial charge in [0.2, 0.25) is 0 Å². The second kappa shape index (κ2) is 5.22. The van der Waals surface area contributed by atoms with Gasteiger partial charge in [0.05, 0.1) is 14.2 Å². The van der Waals surface area contributed by atoms with Gasteiger partial charge in [-0.1, -0.05) is 18.5 Å². The molecule has 0 bridgehead atoms. The topological polar surface area (TPSA) is 44.5 Å². The SMILES string of the molecule is CCc1cc(C2(C(C)N)CC2)c(OC)c(Cl)c1OC. The Balaban J connectivity index is 2.64. The van der Waals surface area contributed by atoms with Gasteiger partial charge in [0, 0.05) is 17.0 Å². The zero-order valence-corrected chi connectivity index (χ0v) is 12.8. The number of nitrogens with two attached hydrogens (primary N) is 1.